The molecular weight excluding hydrogens is 304 g/mol. The Kier molecular flexibility index (Phi) is 7.91. The van der Waals surface area contributed by atoms with E-state index in [4.69, 9.17) is 11.6 Å². The van der Waals surface area contributed by atoms with Crippen molar-refractivity contribution in [2.24, 2.45) is 0 Å². The van der Waals surface area contributed by atoms with Gasteiger partial charge in [0, 0.05) is 18.5 Å². The van der Waals surface area contributed by atoms with Crippen molar-refractivity contribution >= 4 is 23.4 Å². The van der Waals surface area contributed by atoms with E-state index in [2.05, 4.69) is 10.6 Å². The summed E-state index contributed by atoms with van der Waals surface area (Å²) < 4.78 is 0. The summed E-state index contributed by atoms with van der Waals surface area (Å²) in [4.78, 5) is 23.3. The highest BCUT2D eigenvalue weighted by molar-refractivity contribution is 6.30. The Balaban J connectivity index is 2.63. The molecule has 122 valence electrons. The third-order valence-corrected chi connectivity index (χ3v) is 3.45. The lowest BCUT2D eigenvalue weighted by Gasteiger charge is -2.19. The molecule has 0 radical (unpaired) electrons. The topological polar surface area (TPSA) is 78.4 Å². The van der Waals surface area contributed by atoms with Gasteiger partial charge in [-0.15, -0.1) is 0 Å². The van der Waals surface area contributed by atoms with Gasteiger partial charge >= 0.3 is 0 Å². The van der Waals surface area contributed by atoms with Gasteiger partial charge in [0.2, 0.25) is 11.8 Å². The molecular formula is C16H23ClN2O3. The van der Waals surface area contributed by atoms with Crippen molar-refractivity contribution in [3.63, 3.8) is 0 Å². The first-order chi connectivity index (χ1) is 10.4. The number of rotatable bonds is 8. The molecule has 0 heterocycles. The first-order valence-corrected chi connectivity index (χ1v) is 7.77. The number of benzene rings is 1. The third-order valence-electron chi connectivity index (χ3n) is 3.20. The van der Waals surface area contributed by atoms with Gasteiger partial charge in [-0.25, -0.2) is 0 Å². The lowest BCUT2D eigenvalue weighted by atomic mass is 10.0. The fourth-order valence-electron chi connectivity index (χ4n) is 2.12. The van der Waals surface area contributed by atoms with E-state index in [-0.39, 0.29) is 24.8 Å². The molecule has 2 unspecified atom stereocenters. The number of carbonyl (C=O) groups is 2. The molecule has 1 aromatic carbocycles. The average Bonchev–Trinajstić information content (AvgIpc) is 2.45. The van der Waals surface area contributed by atoms with Gasteiger partial charge in [0.15, 0.2) is 0 Å². The van der Waals surface area contributed by atoms with Crippen molar-refractivity contribution in [1.29, 1.82) is 0 Å². The van der Waals surface area contributed by atoms with Gasteiger partial charge in [-0.3, -0.25) is 9.59 Å². The molecule has 6 heteroatoms. The quantitative estimate of drug-likeness (QED) is 0.685. The Hall–Kier alpha value is -1.59. The SMILES string of the molecule is CCCC(O)CNC(=O)CC(NC(C)=O)c1ccc(Cl)cc1. The van der Waals surface area contributed by atoms with E-state index in [9.17, 15) is 14.7 Å². The van der Waals surface area contributed by atoms with Crippen LogP contribution in [0.15, 0.2) is 24.3 Å². The summed E-state index contributed by atoms with van der Waals surface area (Å²) in [5, 5.41) is 15.7. The van der Waals surface area contributed by atoms with Crippen molar-refractivity contribution < 1.29 is 14.7 Å². The smallest absolute Gasteiger partial charge is 0.222 e. The third kappa shape index (κ3) is 6.91. The zero-order valence-electron chi connectivity index (χ0n) is 12.9. The van der Waals surface area contributed by atoms with E-state index in [1.807, 2.05) is 6.92 Å². The Morgan fingerprint density at radius 1 is 1.27 bits per heavy atom. The van der Waals surface area contributed by atoms with Crippen molar-refractivity contribution in [2.75, 3.05) is 6.54 Å². The van der Waals surface area contributed by atoms with Crippen LogP contribution in [0.2, 0.25) is 5.02 Å². The Bertz CT molecular complexity index is 491. The lowest BCUT2D eigenvalue weighted by molar-refractivity contribution is -0.123. The Morgan fingerprint density at radius 3 is 2.45 bits per heavy atom. The van der Waals surface area contributed by atoms with Gasteiger partial charge in [0.05, 0.1) is 18.6 Å². The molecule has 1 aromatic rings. The minimum absolute atomic E-state index is 0.111. The molecule has 22 heavy (non-hydrogen) atoms. The molecule has 0 fully saturated rings. The molecule has 0 bridgehead atoms. The average molecular weight is 327 g/mol. The fourth-order valence-corrected chi connectivity index (χ4v) is 2.24. The van der Waals surface area contributed by atoms with Gasteiger partial charge in [-0.1, -0.05) is 37.1 Å². The fraction of sp³-hybridized carbons (Fsp3) is 0.500. The minimum Gasteiger partial charge on any atom is -0.391 e. The molecule has 1 rings (SSSR count). The number of hydrogen-bond acceptors (Lipinski definition) is 3. The second-order valence-electron chi connectivity index (χ2n) is 5.26. The predicted molar refractivity (Wildman–Crippen MR) is 86.6 cm³/mol. The number of nitrogens with one attached hydrogen (secondary N) is 2. The lowest BCUT2D eigenvalue weighted by Crippen LogP contribution is -2.36. The van der Waals surface area contributed by atoms with Crippen LogP contribution in [0, 0.1) is 0 Å². The highest BCUT2D eigenvalue weighted by Gasteiger charge is 2.17. The highest BCUT2D eigenvalue weighted by Crippen LogP contribution is 2.19. The molecule has 0 saturated heterocycles. The maximum Gasteiger partial charge on any atom is 0.222 e. The summed E-state index contributed by atoms with van der Waals surface area (Å²) in [6.07, 6.45) is 1.08. The van der Waals surface area contributed by atoms with Gasteiger partial charge in [0.1, 0.15) is 0 Å². The number of carbonyl (C=O) groups excluding carboxylic acids is 2. The minimum atomic E-state index is -0.538. The van der Waals surface area contributed by atoms with E-state index in [1.165, 1.54) is 6.92 Å². The van der Waals surface area contributed by atoms with Crippen LogP contribution in [0.4, 0.5) is 0 Å². The largest absolute Gasteiger partial charge is 0.391 e. The van der Waals surface area contributed by atoms with E-state index in [1.54, 1.807) is 24.3 Å². The van der Waals surface area contributed by atoms with Crippen molar-refractivity contribution in [3.8, 4) is 0 Å². The molecule has 0 spiro atoms. The molecule has 0 aliphatic rings. The summed E-state index contributed by atoms with van der Waals surface area (Å²) in [7, 11) is 0. The maximum atomic E-state index is 12.0. The summed E-state index contributed by atoms with van der Waals surface area (Å²) in [6, 6.07) is 6.58. The number of halogens is 1. The van der Waals surface area contributed by atoms with Crippen LogP contribution < -0.4 is 10.6 Å². The van der Waals surface area contributed by atoms with E-state index >= 15 is 0 Å². The van der Waals surface area contributed by atoms with Crippen LogP contribution in [0.3, 0.4) is 0 Å². The summed E-state index contributed by atoms with van der Waals surface area (Å²) in [6.45, 7) is 3.60. The molecule has 0 aliphatic heterocycles. The monoisotopic (exact) mass is 326 g/mol. The van der Waals surface area contributed by atoms with Crippen LogP contribution in [-0.4, -0.2) is 29.6 Å². The number of aliphatic hydroxyl groups excluding tert-OH is 1. The summed E-state index contributed by atoms with van der Waals surface area (Å²) in [5.41, 5.74) is 0.809. The molecule has 3 N–H and O–H groups in total. The van der Waals surface area contributed by atoms with Crippen molar-refractivity contribution in [2.45, 2.75) is 45.3 Å². The molecule has 5 nitrogen and oxygen atoms in total. The van der Waals surface area contributed by atoms with Gasteiger partial charge in [-0.05, 0) is 24.1 Å². The van der Waals surface area contributed by atoms with E-state index < -0.39 is 12.1 Å². The van der Waals surface area contributed by atoms with Gasteiger partial charge in [-0.2, -0.15) is 0 Å². The van der Waals surface area contributed by atoms with Crippen LogP contribution in [0.1, 0.15) is 44.7 Å². The standard InChI is InChI=1S/C16H23ClN2O3/c1-3-4-14(21)10-18-16(22)9-15(19-11(2)20)12-5-7-13(17)8-6-12/h5-8,14-15,21H,3-4,9-10H2,1-2H3,(H,18,22)(H,19,20). The molecule has 0 saturated carbocycles. The highest BCUT2D eigenvalue weighted by atomic mass is 35.5. The first-order valence-electron chi connectivity index (χ1n) is 7.39. The van der Waals surface area contributed by atoms with Crippen LogP contribution in [0.5, 0.6) is 0 Å². The van der Waals surface area contributed by atoms with E-state index in [0.717, 1.165) is 12.0 Å². The number of hydrogen-bond donors (Lipinski definition) is 3. The Labute approximate surface area is 136 Å². The number of amides is 2. The van der Waals surface area contributed by atoms with Crippen molar-refractivity contribution in [3.05, 3.63) is 34.9 Å². The predicted octanol–water partition coefficient (Wildman–Crippen LogP) is 2.18. The summed E-state index contributed by atoms with van der Waals surface area (Å²) in [5.74, 6) is -0.428. The zero-order valence-corrected chi connectivity index (χ0v) is 13.7. The van der Waals surface area contributed by atoms with Crippen LogP contribution in [0.25, 0.3) is 0 Å². The molecule has 0 aromatic heterocycles. The normalized spacial score (nSPS) is 13.3. The van der Waals surface area contributed by atoms with Crippen LogP contribution in [-0.2, 0) is 9.59 Å². The van der Waals surface area contributed by atoms with Crippen molar-refractivity contribution in [1.82, 2.24) is 10.6 Å². The zero-order chi connectivity index (χ0) is 16.5. The van der Waals surface area contributed by atoms with Gasteiger partial charge < -0.3 is 15.7 Å². The van der Waals surface area contributed by atoms with Gasteiger partial charge in [0.25, 0.3) is 0 Å². The second kappa shape index (κ2) is 9.43. The number of aliphatic hydroxyl groups is 1. The second-order valence-corrected chi connectivity index (χ2v) is 5.69. The Morgan fingerprint density at radius 2 is 1.91 bits per heavy atom. The molecule has 2 atom stereocenters. The molecule has 0 aliphatic carbocycles. The summed E-state index contributed by atoms with van der Waals surface area (Å²) >= 11 is 5.85. The van der Waals surface area contributed by atoms with Crippen LogP contribution >= 0.6 is 11.6 Å². The van der Waals surface area contributed by atoms with E-state index in [0.29, 0.717) is 11.4 Å². The molecule has 2 amide bonds. The first kappa shape index (κ1) is 18.5. The maximum absolute atomic E-state index is 12.0.